The van der Waals surface area contributed by atoms with Crippen LogP contribution in [0.4, 0.5) is 0 Å². The molecule has 3 aromatic rings. The van der Waals surface area contributed by atoms with E-state index in [1.165, 1.54) is 0 Å². The molecule has 2 N–H and O–H groups in total. The maximum Gasteiger partial charge on any atom is 0.156 e. The first-order chi connectivity index (χ1) is 13.6. The molecule has 0 saturated carbocycles. The van der Waals surface area contributed by atoms with Gasteiger partial charge in [-0.1, -0.05) is 66.7 Å². The molecule has 0 radical (unpaired) electrons. The fourth-order valence-electron chi connectivity index (χ4n) is 2.81. The zero-order valence-electron chi connectivity index (χ0n) is 15.5. The van der Waals surface area contributed by atoms with Crippen LogP contribution in [0.3, 0.4) is 0 Å². The molecule has 0 aliphatic rings. The van der Waals surface area contributed by atoms with E-state index in [-0.39, 0.29) is 17.3 Å². The summed E-state index contributed by atoms with van der Waals surface area (Å²) in [6, 6.07) is 23.6. The summed E-state index contributed by atoms with van der Waals surface area (Å²) < 4.78 is 0. The lowest BCUT2D eigenvalue weighted by molar-refractivity contribution is -0.114. The van der Waals surface area contributed by atoms with Gasteiger partial charge in [0.1, 0.15) is 11.5 Å². The van der Waals surface area contributed by atoms with Gasteiger partial charge in [0.05, 0.1) is 0 Å². The molecule has 0 spiro atoms. The summed E-state index contributed by atoms with van der Waals surface area (Å²) in [7, 11) is 0. The van der Waals surface area contributed by atoms with Crippen LogP contribution in [-0.2, 0) is 11.2 Å². The fourth-order valence-corrected chi connectivity index (χ4v) is 2.81. The zero-order chi connectivity index (χ0) is 19.8. The van der Waals surface area contributed by atoms with Crippen molar-refractivity contribution in [3.05, 3.63) is 108 Å². The summed E-state index contributed by atoms with van der Waals surface area (Å²) in [6.45, 7) is 0. The number of phenolic OH excluding ortho intramolecular Hbond substituents is 2. The Morgan fingerprint density at radius 2 is 1.39 bits per heavy atom. The molecule has 0 unspecified atom stereocenters. The lowest BCUT2D eigenvalue weighted by Gasteiger charge is -2.04. The van der Waals surface area contributed by atoms with Crippen LogP contribution in [0.2, 0.25) is 0 Å². The Bertz CT molecular complexity index is 967. The zero-order valence-corrected chi connectivity index (χ0v) is 15.5. The van der Waals surface area contributed by atoms with E-state index in [1.54, 1.807) is 30.3 Å². The molecule has 3 nitrogen and oxygen atoms in total. The Balaban J connectivity index is 1.76. The number of ketones is 1. The largest absolute Gasteiger partial charge is 0.508 e. The minimum absolute atomic E-state index is 0.0438. The third-order valence-corrected chi connectivity index (χ3v) is 4.37. The SMILES string of the molecule is O=C(/C=C(/C=C/c1ccc(O)cc1)c1ccccc1)CCc1ccc(O)cc1. The molecule has 0 heterocycles. The molecule has 0 atom stereocenters. The first-order valence-corrected chi connectivity index (χ1v) is 9.15. The molecule has 3 heteroatoms. The highest BCUT2D eigenvalue weighted by molar-refractivity contribution is 5.99. The predicted molar refractivity (Wildman–Crippen MR) is 113 cm³/mol. The molecule has 0 bridgehead atoms. The number of phenols is 2. The molecule has 3 rings (SSSR count). The van der Waals surface area contributed by atoms with Crippen LogP contribution in [-0.4, -0.2) is 16.0 Å². The molecular formula is C25H22O3. The van der Waals surface area contributed by atoms with Crippen LogP contribution < -0.4 is 0 Å². The van der Waals surface area contributed by atoms with Crippen molar-refractivity contribution >= 4 is 17.4 Å². The van der Waals surface area contributed by atoms with Crippen molar-refractivity contribution in [2.45, 2.75) is 12.8 Å². The summed E-state index contributed by atoms with van der Waals surface area (Å²) in [6.07, 6.45) is 6.53. The normalized spacial score (nSPS) is 11.6. The van der Waals surface area contributed by atoms with Crippen LogP contribution in [0.15, 0.2) is 91.0 Å². The molecule has 0 fully saturated rings. The van der Waals surface area contributed by atoms with Gasteiger partial charge in [0.2, 0.25) is 0 Å². The highest BCUT2D eigenvalue weighted by Crippen LogP contribution is 2.19. The number of aromatic hydroxyl groups is 2. The summed E-state index contributed by atoms with van der Waals surface area (Å²) in [5.41, 5.74) is 3.76. The molecule has 0 aliphatic carbocycles. The number of carbonyl (C=O) groups is 1. The van der Waals surface area contributed by atoms with Crippen molar-refractivity contribution in [2.24, 2.45) is 0 Å². The molecular weight excluding hydrogens is 348 g/mol. The van der Waals surface area contributed by atoms with E-state index < -0.39 is 0 Å². The molecule has 28 heavy (non-hydrogen) atoms. The van der Waals surface area contributed by atoms with Crippen LogP contribution in [0.5, 0.6) is 11.5 Å². The first-order valence-electron chi connectivity index (χ1n) is 9.15. The lowest BCUT2D eigenvalue weighted by atomic mass is 10.0. The molecule has 0 aliphatic heterocycles. The van der Waals surface area contributed by atoms with E-state index in [4.69, 9.17) is 0 Å². The highest BCUT2D eigenvalue weighted by Gasteiger charge is 2.04. The van der Waals surface area contributed by atoms with Crippen molar-refractivity contribution in [1.29, 1.82) is 0 Å². The van der Waals surface area contributed by atoms with E-state index in [0.717, 1.165) is 22.3 Å². The van der Waals surface area contributed by atoms with Gasteiger partial charge in [0, 0.05) is 6.42 Å². The van der Waals surface area contributed by atoms with E-state index in [1.807, 2.05) is 66.7 Å². The third kappa shape index (κ3) is 5.71. The Morgan fingerprint density at radius 1 is 0.786 bits per heavy atom. The van der Waals surface area contributed by atoms with Crippen LogP contribution in [0.25, 0.3) is 11.6 Å². The smallest absolute Gasteiger partial charge is 0.156 e. The fraction of sp³-hybridized carbons (Fsp3) is 0.0800. The number of hydrogen-bond acceptors (Lipinski definition) is 3. The van der Waals surface area contributed by atoms with Crippen molar-refractivity contribution in [2.75, 3.05) is 0 Å². The Morgan fingerprint density at radius 3 is 2.04 bits per heavy atom. The minimum atomic E-state index is 0.0438. The van der Waals surface area contributed by atoms with E-state index in [9.17, 15) is 15.0 Å². The first kappa shape index (κ1) is 19.2. The van der Waals surface area contributed by atoms with Gasteiger partial charge in [0.25, 0.3) is 0 Å². The third-order valence-electron chi connectivity index (χ3n) is 4.37. The average molecular weight is 370 g/mol. The number of rotatable bonds is 7. The minimum Gasteiger partial charge on any atom is -0.508 e. The standard InChI is InChI=1S/C25H22O3/c26-23-13-7-19(8-14-23)6-12-22(21-4-2-1-3-5-21)18-25(28)17-11-20-9-15-24(27)16-10-20/h1-10,12-16,18,26-27H,11,17H2/b12-6+,22-18-. The molecule has 140 valence electrons. The summed E-state index contributed by atoms with van der Waals surface area (Å²) in [4.78, 5) is 12.5. The lowest BCUT2D eigenvalue weighted by Crippen LogP contribution is -1.97. The Labute approximate surface area is 164 Å². The highest BCUT2D eigenvalue weighted by atomic mass is 16.3. The topological polar surface area (TPSA) is 57.5 Å². The van der Waals surface area contributed by atoms with Gasteiger partial charge in [0.15, 0.2) is 5.78 Å². The number of hydrogen-bond donors (Lipinski definition) is 2. The number of benzene rings is 3. The van der Waals surface area contributed by atoms with E-state index >= 15 is 0 Å². The maximum atomic E-state index is 12.5. The monoisotopic (exact) mass is 370 g/mol. The summed E-state index contributed by atoms with van der Waals surface area (Å²) in [5, 5.41) is 18.8. The van der Waals surface area contributed by atoms with Gasteiger partial charge in [-0.2, -0.15) is 0 Å². The van der Waals surface area contributed by atoms with Crippen molar-refractivity contribution in [1.82, 2.24) is 0 Å². The number of carbonyl (C=O) groups excluding carboxylic acids is 1. The average Bonchev–Trinajstić information content (AvgIpc) is 2.72. The number of aryl methyl sites for hydroxylation is 1. The van der Waals surface area contributed by atoms with E-state index in [0.29, 0.717) is 12.8 Å². The van der Waals surface area contributed by atoms with Crippen molar-refractivity contribution in [3.63, 3.8) is 0 Å². The van der Waals surface area contributed by atoms with Crippen molar-refractivity contribution < 1.29 is 15.0 Å². The Hall–Kier alpha value is -3.59. The summed E-state index contributed by atoms with van der Waals surface area (Å²) in [5.74, 6) is 0.489. The second-order valence-electron chi connectivity index (χ2n) is 6.52. The van der Waals surface area contributed by atoms with Gasteiger partial charge in [-0.15, -0.1) is 0 Å². The van der Waals surface area contributed by atoms with Crippen LogP contribution >= 0.6 is 0 Å². The molecule has 0 saturated heterocycles. The van der Waals surface area contributed by atoms with Gasteiger partial charge in [-0.3, -0.25) is 4.79 Å². The van der Waals surface area contributed by atoms with Gasteiger partial charge in [-0.05, 0) is 59.0 Å². The van der Waals surface area contributed by atoms with Crippen molar-refractivity contribution in [3.8, 4) is 11.5 Å². The summed E-state index contributed by atoms with van der Waals surface area (Å²) >= 11 is 0. The van der Waals surface area contributed by atoms with Crippen LogP contribution in [0, 0.1) is 0 Å². The van der Waals surface area contributed by atoms with Gasteiger partial charge in [-0.25, -0.2) is 0 Å². The second kappa shape index (κ2) is 9.38. The quantitative estimate of drug-likeness (QED) is 0.433. The molecule has 0 amide bonds. The van der Waals surface area contributed by atoms with Gasteiger partial charge >= 0.3 is 0 Å². The van der Waals surface area contributed by atoms with E-state index in [2.05, 4.69) is 0 Å². The van der Waals surface area contributed by atoms with Crippen LogP contribution in [0.1, 0.15) is 23.1 Å². The second-order valence-corrected chi connectivity index (χ2v) is 6.52. The Kier molecular flexibility index (Phi) is 6.42. The number of allylic oxidation sites excluding steroid dienone is 3. The van der Waals surface area contributed by atoms with Gasteiger partial charge < -0.3 is 10.2 Å². The maximum absolute atomic E-state index is 12.5. The predicted octanol–water partition coefficient (Wildman–Crippen LogP) is 5.40. The molecule has 3 aromatic carbocycles. The molecule has 0 aromatic heterocycles.